The number of carbonyl (C=O) groups excluding carboxylic acids is 2. The van der Waals surface area contributed by atoms with E-state index in [0.29, 0.717) is 13.0 Å². The van der Waals surface area contributed by atoms with Crippen molar-refractivity contribution in [1.82, 2.24) is 10.6 Å². The van der Waals surface area contributed by atoms with Crippen molar-refractivity contribution in [2.45, 2.75) is 78.9 Å². The van der Waals surface area contributed by atoms with Crippen LogP contribution in [0.3, 0.4) is 0 Å². The van der Waals surface area contributed by atoms with Crippen molar-refractivity contribution in [2.24, 2.45) is 5.41 Å². The lowest BCUT2D eigenvalue weighted by Crippen LogP contribution is -2.40. The molecule has 0 aliphatic heterocycles. The van der Waals surface area contributed by atoms with Gasteiger partial charge >= 0.3 is 6.09 Å². The number of carbonyl (C=O) groups is 2. The quantitative estimate of drug-likeness (QED) is 0.267. The van der Waals surface area contributed by atoms with E-state index in [2.05, 4.69) is 36.2 Å². The second-order valence-corrected chi connectivity index (χ2v) is 9.00. The summed E-state index contributed by atoms with van der Waals surface area (Å²) in [6.45, 7) is 12.2. The predicted molar refractivity (Wildman–Crippen MR) is 108 cm³/mol. The van der Waals surface area contributed by atoms with E-state index in [1.165, 1.54) is 0 Å². The highest BCUT2D eigenvalue weighted by molar-refractivity contribution is 5.76. The first kappa shape index (κ1) is 26.9. The monoisotopic (exact) mass is 419 g/mol. The lowest BCUT2D eigenvalue weighted by molar-refractivity contribution is -0.758. The van der Waals surface area contributed by atoms with Crippen LogP contribution in [0, 0.1) is 15.5 Å². The normalized spacial score (nSPS) is 12.8. The van der Waals surface area contributed by atoms with Crippen LogP contribution in [0.1, 0.15) is 67.2 Å². The van der Waals surface area contributed by atoms with Crippen LogP contribution in [0.5, 0.6) is 0 Å². The van der Waals surface area contributed by atoms with Crippen LogP contribution >= 0.6 is 0 Å². The Kier molecular flexibility index (Phi) is 12.2. The first-order valence-electron chi connectivity index (χ1n) is 9.90. The number of nitrogens with zero attached hydrogens (tertiary/aromatic N) is 1. The van der Waals surface area contributed by atoms with Crippen molar-refractivity contribution in [3.63, 3.8) is 0 Å². The minimum atomic E-state index is -0.882. The Hall–Kier alpha value is -2.10. The van der Waals surface area contributed by atoms with Crippen LogP contribution in [0.15, 0.2) is 0 Å². The molecule has 0 aliphatic rings. The minimum absolute atomic E-state index is 0.0749. The number of hydrogen-bond acceptors (Lipinski definition) is 7. The largest absolute Gasteiger partial charge is 0.444 e. The Morgan fingerprint density at radius 2 is 1.69 bits per heavy atom. The van der Waals surface area contributed by atoms with Gasteiger partial charge in [-0.15, -0.1) is 10.1 Å². The van der Waals surface area contributed by atoms with Gasteiger partial charge in [0, 0.05) is 19.0 Å². The SMILES string of the molecule is CC(C)(C)CC[C@H](CCC(=O)NCCOCCO[N+](=O)[O-])NC(=O)OC(C)(C)C. The maximum atomic E-state index is 12.1. The maximum Gasteiger partial charge on any atom is 0.407 e. The zero-order valence-electron chi connectivity index (χ0n) is 18.5. The zero-order valence-corrected chi connectivity index (χ0v) is 18.5. The molecular formula is C19H37N3O7. The molecule has 10 heteroatoms. The van der Waals surface area contributed by atoms with Gasteiger partial charge in [0.15, 0.2) is 0 Å². The predicted octanol–water partition coefficient (Wildman–Crippen LogP) is 2.83. The molecule has 0 saturated heterocycles. The molecule has 170 valence electrons. The van der Waals surface area contributed by atoms with Gasteiger partial charge in [-0.2, -0.15) is 0 Å². The van der Waals surface area contributed by atoms with Gasteiger partial charge in [-0.05, 0) is 45.4 Å². The maximum absolute atomic E-state index is 12.1. The summed E-state index contributed by atoms with van der Waals surface area (Å²) in [5.41, 5.74) is -0.465. The molecule has 0 aromatic carbocycles. The van der Waals surface area contributed by atoms with Gasteiger partial charge in [-0.1, -0.05) is 20.8 Å². The fraction of sp³-hybridized carbons (Fsp3) is 0.895. The van der Waals surface area contributed by atoms with Crippen molar-refractivity contribution >= 4 is 12.0 Å². The number of ether oxygens (including phenoxy) is 2. The smallest absolute Gasteiger partial charge is 0.407 e. The summed E-state index contributed by atoms with van der Waals surface area (Å²) in [4.78, 5) is 38.2. The molecule has 10 nitrogen and oxygen atoms in total. The Bertz CT molecular complexity index is 513. The third kappa shape index (κ3) is 19.0. The van der Waals surface area contributed by atoms with E-state index in [1.54, 1.807) is 20.8 Å². The lowest BCUT2D eigenvalue weighted by Gasteiger charge is -2.26. The van der Waals surface area contributed by atoms with Crippen LogP contribution in [0.2, 0.25) is 0 Å². The topological polar surface area (TPSA) is 129 Å². The van der Waals surface area contributed by atoms with Gasteiger partial charge in [0.1, 0.15) is 12.2 Å². The van der Waals surface area contributed by atoms with E-state index in [-0.39, 0.29) is 43.6 Å². The fourth-order valence-corrected chi connectivity index (χ4v) is 2.30. The number of rotatable bonds is 13. The molecule has 0 saturated carbocycles. The molecule has 0 aromatic rings. The molecule has 0 radical (unpaired) electrons. The molecule has 0 heterocycles. The molecule has 0 aromatic heterocycles. The van der Waals surface area contributed by atoms with Gasteiger partial charge < -0.3 is 24.9 Å². The number of amides is 2. The van der Waals surface area contributed by atoms with E-state index in [4.69, 9.17) is 9.47 Å². The molecule has 0 fully saturated rings. The van der Waals surface area contributed by atoms with Gasteiger partial charge in [0.05, 0.1) is 13.2 Å². The summed E-state index contributed by atoms with van der Waals surface area (Å²) in [5, 5.41) is 14.7. The second-order valence-electron chi connectivity index (χ2n) is 9.00. The molecule has 0 aliphatic carbocycles. The Morgan fingerprint density at radius 3 is 2.24 bits per heavy atom. The van der Waals surface area contributed by atoms with Gasteiger partial charge in [0.2, 0.25) is 5.91 Å². The molecule has 1 atom stereocenters. The second kappa shape index (κ2) is 13.2. The number of nitrogens with one attached hydrogen (secondary N) is 2. The average molecular weight is 420 g/mol. The van der Waals surface area contributed by atoms with Gasteiger partial charge in [0.25, 0.3) is 5.09 Å². The average Bonchev–Trinajstić information content (AvgIpc) is 2.53. The summed E-state index contributed by atoms with van der Waals surface area (Å²) >= 11 is 0. The zero-order chi connectivity index (χ0) is 22.5. The summed E-state index contributed by atoms with van der Waals surface area (Å²) in [5.74, 6) is -0.151. The minimum Gasteiger partial charge on any atom is -0.444 e. The molecule has 29 heavy (non-hydrogen) atoms. The Morgan fingerprint density at radius 1 is 1.03 bits per heavy atom. The third-order valence-corrected chi connectivity index (χ3v) is 3.68. The van der Waals surface area contributed by atoms with Crippen LogP contribution in [-0.4, -0.2) is 55.1 Å². The van der Waals surface area contributed by atoms with Crippen LogP contribution in [0.4, 0.5) is 4.79 Å². The van der Waals surface area contributed by atoms with Crippen LogP contribution in [0.25, 0.3) is 0 Å². The van der Waals surface area contributed by atoms with Crippen LogP contribution < -0.4 is 10.6 Å². The molecule has 0 bridgehead atoms. The molecule has 0 unspecified atom stereocenters. The van der Waals surface area contributed by atoms with Crippen molar-refractivity contribution in [2.75, 3.05) is 26.4 Å². The van der Waals surface area contributed by atoms with Crippen molar-refractivity contribution in [3.8, 4) is 0 Å². The lowest BCUT2D eigenvalue weighted by atomic mass is 9.88. The van der Waals surface area contributed by atoms with Gasteiger partial charge in [-0.3, -0.25) is 4.79 Å². The summed E-state index contributed by atoms with van der Waals surface area (Å²) in [6.07, 6.45) is 1.92. The molecular weight excluding hydrogens is 382 g/mol. The van der Waals surface area contributed by atoms with E-state index in [0.717, 1.165) is 12.8 Å². The third-order valence-electron chi connectivity index (χ3n) is 3.68. The Balaban J connectivity index is 4.26. The highest BCUT2D eigenvalue weighted by atomic mass is 17.0. The van der Waals surface area contributed by atoms with E-state index >= 15 is 0 Å². The fourth-order valence-electron chi connectivity index (χ4n) is 2.30. The van der Waals surface area contributed by atoms with Crippen LogP contribution in [-0.2, 0) is 19.1 Å². The Labute approximate surface area is 173 Å². The number of alkyl carbamates (subject to hydrolysis) is 1. The highest BCUT2D eigenvalue weighted by Crippen LogP contribution is 2.23. The first-order chi connectivity index (χ1) is 13.3. The standard InChI is InChI=1S/C19H37N3O7/c1-18(2,3)10-9-15(21-17(24)29-19(4,5)6)7-8-16(23)20-11-12-27-13-14-28-22(25)26/h15H,7-14H2,1-6H3,(H,20,23)(H,21,24)/t15-/m0/s1. The van der Waals surface area contributed by atoms with E-state index in [1.807, 2.05) is 0 Å². The molecule has 0 spiro atoms. The van der Waals surface area contributed by atoms with E-state index in [9.17, 15) is 19.7 Å². The summed E-state index contributed by atoms with van der Waals surface area (Å²) in [6, 6.07) is -0.162. The highest BCUT2D eigenvalue weighted by Gasteiger charge is 2.22. The number of hydrogen-bond donors (Lipinski definition) is 2. The molecule has 0 rings (SSSR count). The van der Waals surface area contributed by atoms with Crippen molar-refractivity contribution in [3.05, 3.63) is 10.1 Å². The summed E-state index contributed by atoms with van der Waals surface area (Å²) < 4.78 is 10.4. The van der Waals surface area contributed by atoms with E-state index < -0.39 is 16.8 Å². The van der Waals surface area contributed by atoms with Crippen molar-refractivity contribution < 1.29 is 29.0 Å². The first-order valence-corrected chi connectivity index (χ1v) is 9.90. The van der Waals surface area contributed by atoms with Gasteiger partial charge in [-0.25, -0.2) is 4.79 Å². The molecule has 2 N–H and O–H groups in total. The van der Waals surface area contributed by atoms with Crippen molar-refractivity contribution in [1.29, 1.82) is 0 Å². The summed E-state index contributed by atoms with van der Waals surface area (Å²) in [7, 11) is 0. The molecule has 2 amide bonds.